The summed E-state index contributed by atoms with van der Waals surface area (Å²) in [4.78, 5) is 11.8. The van der Waals surface area contributed by atoms with Crippen molar-refractivity contribution >= 4 is 6.09 Å². The van der Waals surface area contributed by atoms with E-state index < -0.39 is 12.2 Å². The third-order valence-electron chi connectivity index (χ3n) is 2.11. The average Bonchev–Trinajstić information content (AvgIpc) is 2.81. The number of amides is 1. The highest BCUT2D eigenvalue weighted by Gasteiger charge is 2.15. The van der Waals surface area contributed by atoms with Gasteiger partial charge in [0.25, 0.3) is 0 Å². The molecule has 8 nitrogen and oxygen atoms in total. The van der Waals surface area contributed by atoms with Gasteiger partial charge < -0.3 is 34.8 Å². The molecule has 1 aliphatic heterocycles. The Hall–Kier alpha value is -0.930. The largest absolute Gasteiger partial charge is 0.448 e. The topological polar surface area (TPSA) is 120 Å². The molecule has 21 heavy (non-hydrogen) atoms. The third kappa shape index (κ3) is 17.0. The first-order valence-electron chi connectivity index (χ1n) is 6.81. The van der Waals surface area contributed by atoms with E-state index in [0.29, 0.717) is 13.2 Å². The number of rotatable bonds is 5. The molecule has 0 saturated carbocycles. The quantitative estimate of drug-likeness (QED) is 0.524. The Morgan fingerprint density at radius 3 is 1.90 bits per heavy atom. The van der Waals surface area contributed by atoms with Gasteiger partial charge in [0.05, 0.1) is 44.7 Å². The molecule has 128 valence electrons. The van der Waals surface area contributed by atoms with Crippen molar-refractivity contribution in [3.8, 4) is 0 Å². The van der Waals surface area contributed by atoms with Gasteiger partial charge in [-0.1, -0.05) is 0 Å². The molecule has 1 rings (SSSR count). The van der Waals surface area contributed by atoms with Gasteiger partial charge >= 0.3 is 6.09 Å². The minimum Gasteiger partial charge on any atom is -0.448 e. The molecule has 0 spiro atoms. The number of likely N-dealkylation sites (N-methyl/N-ethyl adjacent to an activating group) is 1. The van der Waals surface area contributed by atoms with E-state index >= 15 is 0 Å². The molecule has 1 heterocycles. The van der Waals surface area contributed by atoms with Crippen LogP contribution >= 0.6 is 0 Å². The molecule has 3 atom stereocenters. The summed E-state index contributed by atoms with van der Waals surface area (Å²) in [6.45, 7) is 6.37. The van der Waals surface area contributed by atoms with Gasteiger partial charge in [0.2, 0.25) is 0 Å². The Labute approximate surface area is 125 Å². The van der Waals surface area contributed by atoms with Crippen LogP contribution in [0.25, 0.3) is 0 Å². The molecule has 0 aliphatic carbocycles. The van der Waals surface area contributed by atoms with Crippen LogP contribution in [0.2, 0.25) is 0 Å². The van der Waals surface area contributed by atoms with E-state index in [1.54, 1.807) is 25.8 Å². The monoisotopic (exact) mass is 311 g/mol. The lowest BCUT2D eigenvalue weighted by molar-refractivity contribution is -0.0177. The van der Waals surface area contributed by atoms with Crippen molar-refractivity contribution in [3.63, 3.8) is 0 Å². The van der Waals surface area contributed by atoms with Gasteiger partial charge in [-0.05, 0) is 20.8 Å². The van der Waals surface area contributed by atoms with E-state index in [2.05, 4.69) is 4.74 Å². The molecule has 8 heteroatoms. The summed E-state index contributed by atoms with van der Waals surface area (Å²) in [5, 5.41) is 33.1. The molecule has 0 aromatic carbocycles. The molecule has 1 amide bonds. The van der Waals surface area contributed by atoms with E-state index in [4.69, 9.17) is 25.2 Å². The number of cyclic esters (lactones) is 1. The maximum Gasteiger partial charge on any atom is 0.409 e. The Balaban J connectivity index is 0. The van der Waals surface area contributed by atoms with Crippen molar-refractivity contribution in [3.05, 3.63) is 0 Å². The molecular weight excluding hydrogens is 282 g/mol. The van der Waals surface area contributed by atoms with E-state index in [0.717, 1.165) is 6.54 Å². The summed E-state index contributed by atoms with van der Waals surface area (Å²) in [7, 11) is 1.72. The first kappa shape index (κ1) is 22.4. The second kappa shape index (κ2) is 14.0. The Kier molecular flexibility index (Phi) is 14.9. The zero-order valence-corrected chi connectivity index (χ0v) is 13.2. The third-order valence-corrected chi connectivity index (χ3v) is 2.11. The fourth-order valence-corrected chi connectivity index (χ4v) is 0.828. The standard InChI is InChI=1S/C6H14O3.C4H7NO2.C3H8O2/c1-5(8)4-9-6(2)3-7;1-5-2-3-7-4(5)6;1-3(5)2-4/h5-8H,3-4H2,1-2H3;2-3H2,1H3;3-5H,2H2,1H3. The summed E-state index contributed by atoms with van der Waals surface area (Å²) in [5.41, 5.74) is 0. The van der Waals surface area contributed by atoms with Crippen LogP contribution in [0.15, 0.2) is 0 Å². The van der Waals surface area contributed by atoms with Gasteiger partial charge in [-0.15, -0.1) is 0 Å². The smallest absolute Gasteiger partial charge is 0.409 e. The fourth-order valence-electron chi connectivity index (χ4n) is 0.828. The highest BCUT2D eigenvalue weighted by Crippen LogP contribution is 1.96. The Bertz CT molecular complexity index is 249. The molecule has 1 fully saturated rings. The lowest BCUT2D eigenvalue weighted by atomic mass is 10.4. The van der Waals surface area contributed by atoms with Crippen LogP contribution in [0.4, 0.5) is 4.79 Å². The highest BCUT2D eigenvalue weighted by molar-refractivity contribution is 5.68. The Morgan fingerprint density at radius 1 is 1.19 bits per heavy atom. The first-order valence-corrected chi connectivity index (χ1v) is 6.81. The van der Waals surface area contributed by atoms with Gasteiger partial charge in [-0.3, -0.25) is 0 Å². The van der Waals surface area contributed by atoms with Crippen LogP contribution in [-0.2, 0) is 9.47 Å². The molecule has 4 N–H and O–H groups in total. The SMILES string of the molecule is CC(O)CO.CC(O)COC(C)CO.CN1CCOC1=O. The van der Waals surface area contributed by atoms with Gasteiger partial charge in [0.1, 0.15) is 6.61 Å². The molecule has 0 aromatic rings. The van der Waals surface area contributed by atoms with E-state index in [1.807, 2.05) is 0 Å². The summed E-state index contributed by atoms with van der Waals surface area (Å²) < 4.78 is 9.50. The molecular formula is C13H29NO7. The van der Waals surface area contributed by atoms with E-state index in [-0.39, 0.29) is 25.4 Å². The van der Waals surface area contributed by atoms with Crippen LogP contribution in [0.3, 0.4) is 0 Å². The Morgan fingerprint density at radius 2 is 1.71 bits per heavy atom. The zero-order valence-electron chi connectivity index (χ0n) is 13.2. The van der Waals surface area contributed by atoms with Crippen molar-refractivity contribution in [1.82, 2.24) is 4.90 Å². The molecule has 1 saturated heterocycles. The fraction of sp³-hybridized carbons (Fsp3) is 0.923. The number of aliphatic hydroxyl groups excluding tert-OH is 4. The minimum atomic E-state index is -0.560. The summed E-state index contributed by atoms with van der Waals surface area (Å²) in [6.07, 6.45) is -1.38. The maximum atomic E-state index is 10.3. The van der Waals surface area contributed by atoms with E-state index in [1.165, 1.54) is 6.92 Å². The van der Waals surface area contributed by atoms with Crippen LogP contribution < -0.4 is 0 Å². The van der Waals surface area contributed by atoms with Crippen molar-refractivity contribution in [2.24, 2.45) is 0 Å². The normalized spacial score (nSPS) is 17.7. The van der Waals surface area contributed by atoms with Gasteiger partial charge in [0.15, 0.2) is 0 Å². The van der Waals surface area contributed by atoms with Crippen molar-refractivity contribution < 1.29 is 34.7 Å². The maximum absolute atomic E-state index is 10.3. The predicted octanol–water partition coefficient (Wildman–Crippen LogP) is -0.807. The van der Waals surface area contributed by atoms with Crippen molar-refractivity contribution in [1.29, 1.82) is 0 Å². The number of aliphatic hydroxyl groups is 4. The lowest BCUT2D eigenvalue weighted by Crippen LogP contribution is -2.19. The summed E-state index contributed by atoms with van der Waals surface area (Å²) in [6, 6.07) is 0. The van der Waals surface area contributed by atoms with Gasteiger partial charge in [0, 0.05) is 7.05 Å². The molecule has 3 unspecified atom stereocenters. The van der Waals surface area contributed by atoms with Gasteiger partial charge in [-0.25, -0.2) is 4.79 Å². The highest BCUT2D eigenvalue weighted by atomic mass is 16.6. The number of hydrogen-bond acceptors (Lipinski definition) is 7. The van der Waals surface area contributed by atoms with Crippen molar-refractivity contribution in [2.45, 2.75) is 39.1 Å². The van der Waals surface area contributed by atoms with E-state index in [9.17, 15) is 4.79 Å². The average molecular weight is 311 g/mol. The molecule has 0 bridgehead atoms. The van der Waals surface area contributed by atoms with Crippen LogP contribution in [0.1, 0.15) is 20.8 Å². The zero-order chi connectivity index (χ0) is 16.8. The number of carbonyl (C=O) groups excluding carboxylic acids is 1. The van der Waals surface area contributed by atoms with Crippen LogP contribution in [0, 0.1) is 0 Å². The molecule has 0 radical (unpaired) electrons. The number of carbonyl (C=O) groups is 1. The van der Waals surface area contributed by atoms with Gasteiger partial charge in [-0.2, -0.15) is 0 Å². The minimum absolute atomic E-state index is 0.00667. The number of hydrogen-bond donors (Lipinski definition) is 4. The first-order chi connectivity index (χ1) is 9.74. The lowest BCUT2D eigenvalue weighted by Gasteiger charge is -2.10. The summed E-state index contributed by atoms with van der Waals surface area (Å²) in [5.74, 6) is 0. The number of nitrogens with zero attached hydrogens (tertiary/aromatic N) is 1. The second-order valence-electron chi connectivity index (χ2n) is 4.74. The summed E-state index contributed by atoms with van der Waals surface area (Å²) >= 11 is 0. The van der Waals surface area contributed by atoms with Crippen LogP contribution in [-0.4, -0.2) is 89.8 Å². The molecule has 1 aliphatic rings. The van der Waals surface area contributed by atoms with Crippen LogP contribution in [0.5, 0.6) is 0 Å². The molecule has 0 aromatic heterocycles. The number of ether oxygens (including phenoxy) is 2. The van der Waals surface area contributed by atoms with Crippen molar-refractivity contribution in [2.75, 3.05) is 40.0 Å². The second-order valence-corrected chi connectivity index (χ2v) is 4.74. The predicted molar refractivity (Wildman–Crippen MR) is 76.9 cm³/mol.